The van der Waals surface area contributed by atoms with Crippen LogP contribution >= 0.6 is 23.2 Å². The van der Waals surface area contributed by atoms with Crippen molar-refractivity contribution >= 4 is 45.0 Å². The van der Waals surface area contributed by atoms with E-state index in [1.807, 2.05) is 6.92 Å². The van der Waals surface area contributed by atoms with E-state index in [1.165, 1.54) is 31.1 Å². The first kappa shape index (κ1) is 25.1. The standard InChI is InChI=1S/C21H25Cl2N3O4S/c1-14-5-9-18(10-6-14)31(29,30)25(4)13-20(27)26(15(2)21(28)24-3)12-16-7-8-17(22)11-19(16)23/h5-11,15H,12-13H2,1-4H3,(H,24,28)/t15-/m1/s1. The van der Waals surface area contributed by atoms with Gasteiger partial charge < -0.3 is 10.2 Å². The third-order valence-corrected chi connectivity index (χ3v) is 7.26. The van der Waals surface area contributed by atoms with Crippen molar-refractivity contribution in [1.82, 2.24) is 14.5 Å². The van der Waals surface area contributed by atoms with Crippen molar-refractivity contribution in [2.24, 2.45) is 0 Å². The maximum Gasteiger partial charge on any atom is 0.243 e. The van der Waals surface area contributed by atoms with Crippen molar-refractivity contribution in [2.75, 3.05) is 20.6 Å². The molecule has 2 amide bonds. The zero-order valence-electron chi connectivity index (χ0n) is 17.7. The van der Waals surface area contributed by atoms with Crippen LogP contribution in [0.2, 0.25) is 10.0 Å². The molecule has 0 unspecified atom stereocenters. The van der Waals surface area contributed by atoms with E-state index in [2.05, 4.69) is 5.32 Å². The summed E-state index contributed by atoms with van der Waals surface area (Å²) in [6.07, 6.45) is 0. The summed E-state index contributed by atoms with van der Waals surface area (Å²) in [6.45, 7) is 2.99. The first-order valence-electron chi connectivity index (χ1n) is 9.45. The van der Waals surface area contributed by atoms with Gasteiger partial charge in [0, 0.05) is 30.7 Å². The molecule has 2 rings (SSSR count). The van der Waals surface area contributed by atoms with Crippen LogP contribution < -0.4 is 5.32 Å². The maximum absolute atomic E-state index is 13.1. The summed E-state index contributed by atoms with van der Waals surface area (Å²) in [5, 5.41) is 3.29. The molecule has 0 spiro atoms. The average molecular weight is 486 g/mol. The summed E-state index contributed by atoms with van der Waals surface area (Å²) < 4.78 is 26.7. The van der Waals surface area contributed by atoms with Gasteiger partial charge in [-0.05, 0) is 43.7 Å². The highest BCUT2D eigenvalue weighted by Crippen LogP contribution is 2.23. The van der Waals surface area contributed by atoms with Crippen LogP contribution in [-0.4, -0.2) is 56.1 Å². The first-order valence-corrected chi connectivity index (χ1v) is 11.6. The molecule has 0 radical (unpaired) electrons. The van der Waals surface area contributed by atoms with Crippen LogP contribution in [-0.2, 0) is 26.2 Å². The summed E-state index contributed by atoms with van der Waals surface area (Å²) in [7, 11) is -1.09. The molecule has 168 valence electrons. The SMILES string of the molecule is CNC(=O)[C@@H](C)N(Cc1ccc(Cl)cc1Cl)C(=O)CN(C)S(=O)(=O)c1ccc(C)cc1. The lowest BCUT2D eigenvalue weighted by molar-refractivity contribution is -0.140. The number of nitrogens with zero attached hydrogens (tertiary/aromatic N) is 2. The Bertz CT molecular complexity index is 1060. The Hall–Kier alpha value is -2.13. The van der Waals surface area contributed by atoms with E-state index in [4.69, 9.17) is 23.2 Å². The minimum absolute atomic E-state index is 0.0157. The van der Waals surface area contributed by atoms with E-state index in [9.17, 15) is 18.0 Å². The van der Waals surface area contributed by atoms with Gasteiger partial charge in [-0.3, -0.25) is 9.59 Å². The Morgan fingerprint density at radius 2 is 1.71 bits per heavy atom. The normalized spacial score (nSPS) is 12.5. The molecule has 7 nitrogen and oxygen atoms in total. The van der Waals surface area contributed by atoms with Crippen molar-refractivity contribution in [1.29, 1.82) is 0 Å². The lowest BCUT2D eigenvalue weighted by Crippen LogP contribution is -2.50. The summed E-state index contributed by atoms with van der Waals surface area (Å²) in [6, 6.07) is 10.3. The van der Waals surface area contributed by atoms with Crippen LogP contribution in [0.4, 0.5) is 0 Å². The van der Waals surface area contributed by atoms with Gasteiger partial charge in [-0.2, -0.15) is 4.31 Å². The fourth-order valence-electron chi connectivity index (χ4n) is 2.88. The van der Waals surface area contributed by atoms with Crippen LogP contribution in [0.3, 0.4) is 0 Å². The first-order chi connectivity index (χ1) is 14.5. The smallest absolute Gasteiger partial charge is 0.243 e. The number of nitrogens with one attached hydrogen (secondary N) is 1. The number of rotatable bonds is 8. The summed E-state index contributed by atoms with van der Waals surface area (Å²) in [5.41, 5.74) is 1.50. The highest BCUT2D eigenvalue weighted by molar-refractivity contribution is 7.89. The summed E-state index contributed by atoms with van der Waals surface area (Å²) in [4.78, 5) is 26.7. The van der Waals surface area contributed by atoms with Crippen molar-refractivity contribution in [3.63, 3.8) is 0 Å². The minimum atomic E-state index is -3.88. The zero-order chi connectivity index (χ0) is 23.3. The molecule has 0 aliphatic carbocycles. The van der Waals surface area contributed by atoms with Crippen molar-refractivity contribution in [2.45, 2.75) is 31.3 Å². The highest BCUT2D eigenvalue weighted by atomic mass is 35.5. The molecule has 0 aromatic heterocycles. The monoisotopic (exact) mass is 485 g/mol. The molecule has 10 heteroatoms. The van der Waals surface area contributed by atoms with Crippen molar-refractivity contribution in [3.8, 4) is 0 Å². The second-order valence-electron chi connectivity index (χ2n) is 7.12. The summed E-state index contributed by atoms with van der Waals surface area (Å²) in [5.74, 6) is -0.928. The Balaban J connectivity index is 2.29. The second-order valence-corrected chi connectivity index (χ2v) is 10.0. The number of amides is 2. The molecule has 2 aromatic rings. The predicted octanol–water partition coefficient (Wildman–Crippen LogP) is 3.09. The van der Waals surface area contributed by atoms with Crippen LogP contribution in [0, 0.1) is 6.92 Å². The quantitative estimate of drug-likeness (QED) is 0.622. The molecule has 0 aliphatic rings. The molecule has 0 saturated carbocycles. The number of carbonyl (C=O) groups excluding carboxylic acids is 2. The van der Waals surface area contributed by atoms with Gasteiger partial charge in [0.2, 0.25) is 21.8 Å². The molecule has 0 fully saturated rings. The maximum atomic E-state index is 13.1. The Kier molecular flexibility index (Phi) is 8.48. The summed E-state index contributed by atoms with van der Waals surface area (Å²) >= 11 is 12.2. The van der Waals surface area contributed by atoms with Gasteiger partial charge in [0.1, 0.15) is 6.04 Å². The number of hydrogen-bond donors (Lipinski definition) is 1. The van der Waals surface area contributed by atoms with Crippen LogP contribution in [0.25, 0.3) is 0 Å². The molecule has 0 aliphatic heterocycles. The fraction of sp³-hybridized carbons (Fsp3) is 0.333. The van der Waals surface area contributed by atoms with Gasteiger partial charge in [0.25, 0.3) is 0 Å². The van der Waals surface area contributed by atoms with Gasteiger partial charge in [0.05, 0.1) is 11.4 Å². The molecule has 1 atom stereocenters. The van der Waals surface area contributed by atoms with Crippen molar-refractivity contribution < 1.29 is 18.0 Å². The third-order valence-electron chi connectivity index (χ3n) is 4.86. The lowest BCUT2D eigenvalue weighted by Gasteiger charge is -2.30. The Labute approximate surface area is 193 Å². The molecule has 2 aromatic carbocycles. The molecule has 0 heterocycles. The average Bonchev–Trinajstić information content (AvgIpc) is 2.72. The molecular formula is C21H25Cl2N3O4S. The lowest BCUT2D eigenvalue weighted by atomic mass is 10.1. The number of hydrogen-bond acceptors (Lipinski definition) is 4. The third kappa shape index (κ3) is 6.20. The highest BCUT2D eigenvalue weighted by Gasteiger charge is 2.30. The van der Waals surface area contributed by atoms with Gasteiger partial charge in [-0.1, -0.05) is 47.0 Å². The van der Waals surface area contributed by atoms with Crippen LogP contribution in [0.5, 0.6) is 0 Å². The second kappa shape index (κ2) is 10.5. The molecule has 0 saturated heterocycles. The molecule has 1 N–H and O–H groups in total. The predicted molar refractivity (Wildman–Crippen MR) is 122 cm³/mol. The van der Waals surface area contributed by atoms with E-state index in [0.717, 1.165) is 9.87 Å². The van der Waals surface area contributed by atoms with E-state index in [1.54, 1.807) is 37.3 Å². The number of halogens is 2. The fourth-order valence-corrected chi connectivity index (χ4v) is 4.47. The number of benzene rings is 2. The topological polar surface area (TPSA) is 86.8 Å². The van der Waals surface area contributed by atoms with E-state index >= 15 is 0 Å². The van der Waals surface area contributed by atoms with E-state index < -0.39 is 28.5 Å². The number of carbonyl (C=O) groups is 2. The Morgan fingerprint density at radius 3 is 2.26 bits per heavy atom. The van der Waals surface area contributed by atoms with E-state index in [-0.39, 0.29) is 17.3 Å². The Morgan fingerprint density at radius 1 is 1.10 bits per heavy atom. The molecular weight excluding hydrogens is 461 g/mol. The van der Waals surface area contributed by atoms with E-state index in [0.29, 0.717) is 15.6 Å². The van der Waals surface area contributed by atoms with Crippen LogP contribution in [0.1, 0.15) is 18.1 Å². The molecule has 0 bridgehead atoms. The molecule has 31 heavy (non-hydrogen) atoms. The van der Waals surface area contributed by atoms with Crippen molar-refractivity contribution in [3.05, 3.63) is 63.6 Å². The largest absolute Gasteiger partial charge is 0.357 e. The van der Waals surface area contributed by atoms with Gasteiger partial charge in [-0.25, -0.2) is 8.42 Å². The van der Waals surface area contributed by atoms with Gasteiger partial charge >= 0.3 is 0 Å². The minimum Gasteiger partial charge on any atom is -0.357 e. The van der Waals surface area contributed by atoms with Crippen LogP contribution in [0.15, 0.2) is 47.4 Å². The number of sulfonamides is 1. The number of likely N-dealkylation sites (N-methyl/N-ethyl adjacent to an activating group) is 2. The zero-order valence-corrected chi connectivity index (χ0v) is 20.1. The van der Waals surface area contributed by atoms with Gasteiger partial charge in [0.15, 0.2) is 0 Å². The number of aryl methyl sites for hydroxylation is 1. The van der Waals surface area contributed by atoms with Gasteiger partial charge in [-0.15, -0.1) is 0 Å².